The topological polar surface area (TPSA) is 69.0 Å². The maximum Gasteiger partial charge on any atom is 0.387 e. The summed E-state index contributed by atoms with van der Waals surface area (Å²) >= 11 is 1.16. The average Bonchev–Trinajstić information content (AvgIpc) is 3.24. The highest BCUT2D eigenvalue weighted by Crippen LogP contribution is 2.28. The van der Waals surface area contributed by atoms with Crippen molar-refractivity contribution < 1.29 is 22.7 Å². The Morgan fingerprint density at radius 2 is 1.67 bits per heavy atom. The number of anilines is 1. The highest BCUT2D eigenvalue weighted by Gasteiger charge is 2.17. The Hall–Kier alpha value is -3.79. The molecule has 0 saturated heterocycles. The SMILES string of the molecule is O=C(CSc1nnc(-c2ccccc2)n1-c1ccc(F)cc1)Nc1ccc(OC(F)F)cc1. The number of aromatic nitrogens is 3. The van der Waals surface area contributed by atoms with Gasteiger partial charge < -0.3 is 10.1 Å². The molecule has 3 aromatic carbocycles. The van der Waals surface area contributed by atoms with E-state index < -0.39 is 6.61 Å². The van der Waals surface area contributed by atoms with Crippen LogP contribution in [0.5, 0.6) is 5.75 Å². The van der Waals surface area contributed by atoms with Gasteiger partial charge in [0.15, 0.2) is 11.0 Å². The first kappa shape index (κ1) is 22.4. The molecule has 1 aromatic heterocycles. The molecule has 0 aliphatic carbocycles. The van der Waals surface area contributed by atoms with Gasteiger partial charge in [0.1, 0.15) is 11.6 Å². The van der Waals surface area contributed by atoms with Crippen LogP contribution in [0.4, 0.5) is 18.9 Å². The monoisotopic (exact) mass is 470 g/mol. The van der Waals surface area contributed by atoms with E-state index in [1.54, 1.807) is 16.7 Å². The van der Waals surface area contributed by atoms with Crippen molar-refractivity contribution in [3.8, 4) is 22.8 Å². The molecular formula is C23H17F3N4O2S. The average molecular weight is 470 g/mol. The van der Waals surface area contributed by atoms with E-state index >= 15 is 0 Å². The number of carbonyl (C=O) groups is 1. The second-order valence-electron chi connectivity index (χ2n) is 6.72. The van der Waals surface area contributed by atoms with Crippen molar-refractivity contribution in [2.45, 2.75) is 11.8 Å². The summed E-state index contributed by atoms with van der Waals surface area (Å²) in [5, 5.41) is 11.6. The maximum absolute atomic E-state index is 13.5. The number of thioether (sulfide) groups is 1. The molecular weight excluding hydrogens is 453 g/mol. The second kappa shape index (κ2) is 10.2. The number of nitrogens with one attached hydrogen (secondary N) is 1. The number of hydrogen-bond acceptors (Lipinski definition) is 5. The number of nitrogens with zero attached hydrogens (tertiary/aromatic N) is 3. The number of benzene rings is 3. The summed E-state index contributed by atoms with van der Waals surface area (Å²) < 4.78 is 44.0. The van der Waals surface area contributed by atoms with E-state index in [0.29, 0.717) is 22.4 Å². The molecule has 168 valence electrons. The predicted molar refractivity (Wildman–Crippen MR) is 119 cm³/mol. The van der Waals surface area contributed by atoms with Gasteiger partial charge >= 0.3 is 6.61 Å². The van der Waals surface area contributed by atoms with Gasteiger partial charge in [-0.05, 0) is 48.5 Å². The first-order valence-electron chi connectivity index (χ1n) is 9.74. The minimum absolute atomic E-state index is 0.00165. The van der Waals surface area contributed by atoms with Gasteiger partial charge in [-0.25, -0.2) is 4.39 Å². The van der Waals surface area contributed by atoms with E-state index in [0.717, 1.165) is 17.3 Å². The van der Waals surface area contributed by atoms with Crippen molar-refractivity contribution in [3.05, 3.63) is 84.7 Å². The van der Waals surface area contributed by atoms with Gasteiger partial charge in [0.2, 0.25) is 5.91 Å². The molecule has 4 aromatic rings. The number of halogens is 3. The molecule has 0 fully saturated rings. The summed E-state index contributed by atoms with van der Waals surface area (Å²) in [5.41, 5.74) is 1.90. The van der Waals surface area contributed by atoms with E-state index in [4.69, 9.17) is 0 Å². The highest BCUT2D eigenvalue weighted by atomic mass is 32.2. The van der Waals surface area contributed by atoms with Gasteiger partial charge in [0.05, 0.1) is 5.75 Å². The van der Waals surface area contributed by atoms with E-state index in [2.05, 4.69) is 20.3 Å². The number of amides is 1. The Morgan fingerprint density at radius 1 is 0.970 bits per heavy atom. The van der Waals surface area contributed by atoms with Crippen molar-refractivity contribution in [2.24, 2.45) is 0 Å². The molecule has 4 rings (SSSR count). The van der Waals surface area contributed by atoms with Gasteiger partial charge in [0.25, 0.3) is 0 Å². The third-order valence-corrected chi connectivity index (χ3v) is 5.37. The van der Waals surface area contributed by atoms with Crippen LogP contribution in [0.15, 0.2) is 84.0 Å². The molecule has 0 atom stereocenters. The third-order valence-electron chi connectivity index (χ3n) is 4.45. The van der Waals surface area contributed by atoms with E-state index in [9.17, 15) is 18.0 Å². The summed E-state index contributed by atoms with van der Waals surface area (Å²) in [6.07, 6.45) is 0. The predicted octanol–water partition coefficient (Wildman–Crippen LogP) is 5.41. The largest absolute Gasteiger partial charge is 0.435 e. The standard InChI is InChI=1S/C23H17F3N4O2S/c24-16-6-10-18(11-7-16)30-21(15-4-2-1-3-5-15)28-29-23(30)33-14-20(31)27-17-8-12-19(13-9-17)32-22(25)26/h1-13,22H,14H2,(H,27,31). The molecule has 0 aliphatic rings. The summed E-state index contributed by atoms with van der Waals surface area (Å²) in [6, 6.07) is 20.9. The molecule has 0 spiro atoms. The van der Waals surface area contributed by atoms with Crippen LogP contribution in [0.2, 0.25) is 0 Å². The molecule has 0 radical (unpaired) electrons. The molecule has 6 nitrogen and oxygen atoms in total. The fourth-order valence-corrected chi connectivity index (χ4v) is 3.76. The van der Waals surface area contributed by atoms with Crippen LogP contribution < -0.4 is 10.1 Å². The fourth-order valence-electron chi connectivity index (χ4n) is 3.01. The first-order valence-corrected chi connectivity index (χ1v) is 10.7. The van der Waals surface area contributed by atoms with Crippen molar-refractivity contribution in [2.75, 3.05) is 11.1 Å². The Bertz CT molecular complexity index is 1220. The molecule has 1 amide bonds. The zero-order valence-corrected chi connectivity index (χ0v) is 17.8. The van der Waals surface area contributed by atoms with Crippen LogP contribution in [0, 0.1) is 5.82 Å². The number of ether oxygens (including phenoxy) is 1. The molecule has 10 heteroatoms. The number of hydrogen-bond donors (Lipinski definition) is 1. The normalized spacial score (nSPS) is 10.9. The molecule has 0 unspecified atom stereocenters. The summed E-state index contributed by atoms with van der Waals surface area (Å²) in [6.45, 7) is -2.92. The van der Waals surface area contributed by atoms with Crippen LogP contribution in [0.3, 0.4) is 0 Å². The van der Waals surface area contributed by atoms with Crippen LogP contribution in [-0.4, -0.2) is 33.0 Å². The third kappa shape index (κ3) is 5.72. The minimum Gasteiger partial charge on any atom is -0.435 e. The molecule has 33 heavy (non-hydrogen) atoms. The van der Waals surface area contributed by atoms with Gasteiger partial charge in [-0.1, -0.05) is 42.1 Å². The zero-order valence-electron chi connectivity index (χ0n) is 17.0. The summed E-state index contributed by atoms with van der Waals surface area (Å²) in [5.74, 6) is -0.120. The van der Waals surface area contributed by atoms with Crippen molar-refractivity contribution in [1.82, 2.24) is 14.8 Å². The maximum atomic E-state index is 13.5. The lowest BCUT2D eigenvalue weighted by molar-refractivity contribution is -0.113. The van der Waals surface area contributed by atoms with Crippen molar-refractivity contribution in [1.29, 1.82) is 0 Å². The van der Waals surface area contributed by atoms with Crippen LogP contribution in [0.25, 0.3) is 17.1 Å². The van der Waals surface area contributed by atoms with E-state index in [1.165, 1.54) is 36.4 Å². The van der Waals surface area contributed by atoms with Crippen molar-refractivity contribution >= 4 is 23.4 Å². The quantitative estimate of drug-likeness (QED) is 0.349. The smallest absolute Gasteiger partial charge is 0.387 e. The molecule has 1 N–H and O–H groups in total. The number of carbonyl (C=O) groups excluding carboxylic acids is 1. The van der Waals surface area contributed by atoms with E-state index in [-0.39, 0.29) is 23.2 Å². The Balaban J connectivity index is 1.50. The first-order chi connectivity index (χ1) is 16.0. The molecule has 0 saturated carbocycles. The van der Waals surface area contributed by atoms with Crippen LogP contribution in [0.1, 0.15) is 0 Å². The summed E-state index contributed by atoms with van der Waals surface area (Å²) in [7, 11) is 0. The van der Waals surface area contributed by atoms with Gasteiger partial charge in [-0.15, -0.1) is 10.2 Å². The molecule has 0 aliphatic heterocycles. The molecule has 1 heterocycles. The Kier molecular flexibility index (Phi) is 6.94. The number of rotatable bonds is 8. The lowest BCUT2D eigenvalue weighted by atomic mass is 10.2. The Labute approximate surface area is 191 Å². The summed E-state index contributed by atoms with van der Waals surface area (Å²) in [4.78, 5) is 12.4. The lowest BCUT2D eigenvalue weighted by Gasteiger charge is -2.11. The van der Waals surface area contributed by atoms with Gasteiger partial charge in [-0.2, -0.15) is 8.78 Å². The molecule has 0 bridgehead atoms. The van der Waals surface area contributed by atoms with Gasteiger partial charge in [0, 0.05) is 16.9 Å². The van der Waals surface area contributed by atoms with Gasteiger partial charge in [-0.3, -0.25) is 9.36 Å². The van der Waals surface area contributed by atoms with Crippen LogP contribution in [-0.2, 0) is 4.79 Å². The lowest BCUT2D eigenvalue weighted by Crippen LogP contribution is -2.14. The van der Waals surface area contributed by atoms with Crippen LogP contribution >= 0.6 is 11.8 Å². The minimum atomic E-state index is -2.92. The highest BCUT2D eigenvalue weighted by molar-refractivity contribution is 7.99. The zero-order chi connectivity index (χ0) is 23.2. The second-order valence-corrected chi connectivity index (χ2v) is 7.67. The van der Waals surface area contributed by atoms with Crippen molar-refractivity contribution in [3.63, 3.8) is 0 Å². The number of alkyl halides is 2. The Morgan fingerprint density at radius 3 is 2.33 bits per heavy atom. The fraction of sp³-hybridized carbons (Fsp3) is 0.0870. The van der Waals surface area contributed by atoms with E-state index in [1.807, 2.05) is 30.3 Å².